The average Bonchev–Trinajstić information content (AvgIpc) is 3.20. The van der Waals surface area contributed by atoms with E-state index in [2.05, 4.69) is 140 Å². The van der Waals surface area contributed by atoms with Crippen LogP contribution in [0.15, 0.2) is 157 Å². The van der Waals surface area contributed by atoms with E-state index in [1.54, 1.807) is 0 Å². The summed E-state index contributed by atoms with van der Waals surface area (Å²) in [7, 11) is 0. The molecule has 0 amide bonds. The first-order chi connectivity index (χ1) is 25.2. The van der Waals surface area contributed by atoms with Gasteiger partial charge < -0.3 is 9.47 Å². The van der Waals surface area contributed by atoms with Gasteiger partial charge in [0.05, 0.1) is 16.0 Å². The molecule has 252 valence electrons. The van der Waals surface area contributed by atoms with Gasteiger partial charge in [0.25, 0.3) is 0 Å². The molecule has 0 spiro atoms. The second-order valence-electron chi connectivity index (χ2n) is 13.2. The molecule has 0 bridgehead atoms. The van der Waals surface area contributed by atoms with Gasteiger partial charge in [-0.15, -0.1) is 11.8 Å². The van der Waals surface area contributed by atoms with Crippen molar-refractivity contribution in [3.8, 4) is 11.5 Å². The number of para-hydroxylation sites is 1. The van der Waals surface area contributed by atoms with Gasteiger partial charge in [-0.3, -0.25) is 0 Å². The second-order valence-corrected chi connectivity index (χ2v) is 14.5. The zero-order chi connectivity index (χ0) is 34.5. The fourth-order valence-electron chi connectivity index (χ4n) is 7.17. The molecule has 3 nitrogen and oxygen atoms in total. The summed E-state index contributed by atoms with van der Waals surface area (Å²) in [6, 6.07) is 53.8. The van der Waals surface area contributed by atoms with Gasteiger partial charge in [-0.25, -0.2) is 4.98 Å². The lowest BCUT2D eigenvalue weighted by atomic mass is 9.77. The summed E-state index contributed by atoms with van der Waals surface area (Å²) in [5, 5.41) is 3.61. The highest BCUT2D eigenvalue weighted by Gasteiger charge is 2.39. The Morgan fingerprint density at radius 2 is 1.25 bits per heavy atom. The summed E-state index contributed by atoms with van der Waals surface area (Å²) in [6.07, 6.45) is 5.56. The molecule has 4 heteroatoms. The Hall–Kier alpha value is -5.32. The Morgan fingerprint density at radius 1 is 0.608 bits per heavy atom. The minimum atomic E-state index is -0.362. The molecule has 0 saturated heterocycles. The molecular weight excluding hydrogens is 643 g/mol. The van der Waals surface area contributed by atoms with Crippen molar-refractivity contribution in [1.82, 2.24) is 4.98 Å². The van der Waals surface area contributed by atoms with E-state index in [1.165, 1.54) is 38.6 Å². The molecule has 6 aromatic carbocycles. The number of hydrogen-bond acceptors (Lipinski definition) is 4. The number of rotatable bonds is 12. The van der Waals surface area contributed by atoms with Crippen molar-refractivity contribution >= 4 is 39.5 Å². The number of ether oxygens (including phenoxy) is 2. The number of hydrogen-bond donors (Lipinski definition) is 0. The molecule has 1 unspecified atom stereocenters. The molecule has 0 saturated carbocycles. The van der Waals surface area contributed by atoms with E-state index in [9.17, 15) is 0 Å². The normalized spacial score (nSPS) is 13.7. The molecule has 0 aliphatic heterocycles. The van der Waals surface area contributed by atoms with Crippen LogP contribution in [-0.2, 0) is 24.4 Å². The molecule has 0 fully saturated rings. The van der Waals surface area contributed by atoms with E-state index in [0.29, 0.717) is 13.2 Å². The summed E-state index contributed by atoms with van der Waals surface area (Å²) >= 11 is 2.03. The SMILES string of the molecule is CCCSC(C1=Cc2ccccc2CC1)(c1ccc(OCc2ccc3ccccc3c2)cc1)c1ccc(OCc2ccc3ccccc3n2)cc1. The van der Waals surface area contributed by atoms with Crippen LogP contribution in [0.4, 0.5) is 0 Å². The Kier molecular flexibility index (Phi) is 9.59. The maximum absolute atomic E-state index is 6.35. The topological polar surface area (TPSA) is 31.4 Å². The van der Waals surface area contributed by atoms with Crippen LogP contribution in [0.2, 0.25) is 0 Å². The molecule has 1 aromatic heterocycles. The van der Waals surface area contributed by atoms with Crippen LogP contribution in [-0.4, -0.2) is 10.7 Å². The number of pyridine rings is 1. The molecule has 0 radical (unpaired) electrons. The van der Waals surface area contributed by atoms with Gasteiger partial charge in [0.2, 0.25) is 0 Å². The van der Waals surface area contributed by atoms with Crippen LogP contribution in [0, 0.1) is 0 Å². The number of thioether (sulfide) groups is 1. The quantitative estimate of drug-likeness (QED) is 0.128. The summed E-state index contributed by atoms with van der Waals surface area (Å²) in [6.45, 7) is 3.21. The van der Waals surface area contributed by atoms with Crippen molar-refractivity contribution in [3.05, 3.63) is 191 Å². The molecule has 1 aliphatic rings. The van der Waals surface area contributed by atoms with E-state index in [0.717, 1.165) is 58.7 Å². The van der Waals surface area contributed by atoms with Crippen LogP contribution in [0.1, 0.15) is 53.3 Å². The summed E-state index contributed by atoms with van der Waals surface area (Å²) in [4.78, 5) is 4.80. The van der Waals surface area contributed by atoms with Crippen LogP contribution in [0.25, 0.3) is 27.8 Å². The number of benzene rings is 6. The first kappa shape index (κ1) is 32.9. The van der Waals surface area contributed by atoms with E-state index >= 15 is 0 Å². The van der Waals surface area contributed by atoms with Crippen molar-refractivity contribution in [2.24, 2.45) is 0 Å². The van der Waals surface area contributed by atoms with Crippen molar-refractivity contribution in [1.29, 1.82) is 0 Å². The first-order valence-electron chi connectivity index (χ1n) is 17.9. The zero-order valence-corrected chi connectivity index (χ0v) is 29.7. The highest BCUT2D eigenvalue weighted by atomic mass is 32.2. The smallest absolute Gasteiger partial charge is 0.130 e. The molecule has 1 atom stereocenters. The summed E-state index contributed by atoms with van der Waals surface area (Å²) in [5.41, 5.74) is 9.75. The molecule has 1 heterocycles. The third-order valence-corrected chi connectivity index (χ3v) is 11.6. The lowest BCUT2D eigenvalue weighted by molar-refractivity contribution is 0.301. The van der Waals surface area contributed by atoms with Crippen LogP contribution in [0.5, 0.6) is 11.5 Å². The van der Waals surface area contributed by atoms with Crippen molar-refractivity contribution < 1.29 is 9.47 Å². The lowest BCUT2D eigenvalue weighted by Crippen LogP contribution is -2.28. The zero-order valence-electron chi connectivity index (χ0n) is 28.9. The molecule has 51 heavy (non-hydrogen) atoms. The number of aromatic nitrogens is 1. The maximum Gasteiger partial charge on any atom is 0.130 e. The largest absolute Gasteiger partial charge is 0.489 e. The minimum absolute atomic E-state index is 0.362. The Morgan fingerprint density at radius 3 is 2.02 bits per heavy atom. The predicted molar refractivity (Wildman–Crippen MR) is 214 cm³/mol. The third-order valence-electron chi connectivity index (χ3n) is 9.81. The van der Waals surface area contributed by atoms with Gasteiger partial charge >= 0.3 is 0 Å². The third kappa shape index (κ3) is 7.02. The van der Waals surface area contributed by atoms with Gasteiger partial charge in [0.15, 0.2) is 0 Å². The molecule has 8 rings (SSSR count). The van der Waals surface area contributed by atoms with Gasteiger partial charge in [0, 0.05) is 5.39 Å². The average molecular weight is 684 g/mol. The van der Waals surface area contributed by atoms with Gasteiger partial charge in [0.1, 0.15) is 24.7 Å². The summed E-state index contributed by atoms with van der Waals surface area (Å²) in [5.74, 6) is 2.74. The molecule has 7 aromatic rings. The number of fused-ring (bicyclic) bond motifs is 3. The Balaban J connectivity index is 1.10. The molecule has 0 N–H and O–H groups in total. The summed E-state index contributed by atoms with van der Waals surface area (Å²) < 4.78 is 12.3. The molecular formula is C47H41NO2S. The van der Waals surface area contributed by atoms with Crippen LogP contribution < -0.4 is 9.47 Å². The van der Waals surface area contributed by atoms with Crippen LogP contribution in [0.3, 0.4) is 0 Å². The predicted octanol–water partition coefficient (Wildman–Crippen LogP) is 12.0. The minimum Gasteiger partial charge on any atom is -0.489 e. The van der Waals surface area contributed by atoms with Crippen molar-refractivity contribution in [2.75, 3.05) is 5.75 Å². The molecule has 1 aliphatic carbocycles. The highest BCUT2D eigenvalue weighted by Crippen LogP contribution is 2.52. The fraction of sp³-hybridized carbons (Fsp3) is 0.170. The van der Waals surface area contributed by atoms with Crippen molar-refractivity contribution in [2.45, 2.75) is 44.1 Å². The Bertz CT molecular complexity index is 2180. The van der Waals surface area contributed by atoms with E-state index in [4.69, 9.17) is 14.5 Å². The van der Waals surface area contributed by atoms with Gasteiger partial charge in [-0.2, -0.15) is 0 Å². The highest BCUT2D eigenvalue weighted by molar-refractivity contribution is 8.00. The fourth-order valence-corrected chi connectivity index (χ4v) is 8.64. The van der Waals surface area contributed by atoms with Crippen LogP contribution >= 0.6 is 11.8 Å². The van der Waals surface area contributed by atoms with E-state index in [1.807, 2.05) is 36.0 Å². The number of nitrogens with zero attached hydrogens (tertiary/aromatic N) is 1. The Labute approximate surface area is 305 Å². The van der Waals surface area contributed by atoms with Crippen molar-refractivity contribution in [3.63, 3.8) is 0 Å². The lowest BCUT2D eigenvalue weighted by Gasteiger charge is -2.39. The van der Waals surface area contributed by atoms with E-state index in [-0.39, 0.29) is 4.75 Å². The maximum atomic E-state index is 6.35. The van der Waals surface area contributed by atoms with Gasteiger partial charge in [-0.05, 0) is 112 Å². The second kappa shape index (κ2) is 14.9. The standard InChI is InChI=1S/C47H41NO2S/c1-2-29-51-47(42-19-17-36-10-4-6-13-39(36)31-42,40-20-25-44(26-21-40)49-32-34-15-16-35-9-3-5-12-38(35)30-34)41-22-27-45(28-23-41)50-33-43-24-18-37-11-7-8-14-46(37)48-43/h3-16,18,20-28,30-31H,2,17,19,29,32-33H2,1H3. The monoisotopic (exact) mass is 683 g/mol. The first-order valence-corrected chi connectivity index (χ1v) is 18.9. The number of aryl methyl sites for hydroxylation is 1. The van der Waals surface area contributed by atoms with Gasteiger partial charge in [-0.1, -0.05) is 122 Å². The van der Waals surface area contributed by atoms with E-state index < -0.39 is 0 Å².